The van der Waals surface area contributed by atoms with Crippen molar-refractivity contribution >= 4 is 15.9 Å². The third-order valence-corrected chi connectivity index (χ3v) is 7.20. The van der Waals surface area contributed by atoms with Gasteiger partial charge in [0.15, 0.2) is 0 Å². The zero-order chi connectivity index (χ0) is 18.9. The molecule has 1 N–H and O–H groups in total. The van der Waals surface area contributed by atoms with Crippen molar-refractivity contribution in [3.63, 3.8) is 0 Å². The fraction of sp³-hybridized carbons (Fsp3) is 0.611. The monoisotopic (exact) mass is 382 g/mol. The highest BCUT2D eigenvalue weighted by Crippen LogP contribution is 2.23. The van der Waals surface area contributed by atoms with E-state index in [-0.39, 0.29) is 24.0 Å². The summed E-state index contributed by atoms with van der Waals surface area (Å²) in [5.41, 5.74) is 0.372. The van der Waals surface area contributed by atoms with Gasteiger partial charge in [-0.05, 0) is 37.0 Å². The van der Waals surface area contributed by atoms with Crippen molar-refractivity contribution in [1.82, 2.24) is 9.21 Å². The maximum atomic E-state index is 12.9. The minimum Gasteiger partial charge on any atom is -0.389 e. The number of carbonyl (C=O) groups is 1. The molecule has 0 aromatic heterocycles. The number of rotatable bonds is 4. The largest absolute Gasteiger partial charge is 0.389 e. The molecule has 0 saturated carbocycles. The summed E-state index contributed by atoms with van der Waals surface area (Å²) in [5, 5.41) is 9.91. The molecule has 2 saturated heterocycles. The lowest BCUT2D eigenvalue weighted by Gasteiger charge is -2.30. The molecule has 0 aliphatic carbocycles. The molecule has 0 spiro atoms. The molecule has 1 aromatic carbocycles. The Kier molecular flexibility index (Phi) is 5.67. The molecule has 3 rings (SSSR count). The maximum Gasteiger partial charge on any atom is 0.253 e. The molecule has 0 unspecified atom stereocenters. The minimum absolute atomic E-state index is 0.0512. The average Bonchev–Trinajstić information content (AvgIpc) is 3.07. The van der Waals surface area contributed by atoms with Crippen LogP contribution < -0.4 is 0 Å². The fourth-order valence-electron chi connectivity index (χ4n) is 3.41. The number of nitrogens with zero attached hydrogens (tertiary/aromatic N) is 2. The molecule has 26 heavy (non-hydrogen) atoms. The Bertz CT molecular complexity index is 759. The molecule has 2 heterocycles. The van der Waals surface area contributed by atoms with Crippen LogP contribution in [0.4, 0.5) is 0 Å². The summed E-state index contributed by atoms with van der Waals surface area (Å²) < 4.78 is 32.1. The molecule has 2 aliphatic heterocycles. The maximum absolute atomic E-state index is 12.9. The number of likely N-dealkylation sites (N-methyl/N-ethyl adjacent to an activating group) is 1. The van der Waals surface area contributed by atoms with Gasteiger partial charge in [0, 0.05) is 25.7 Å². The van der Waals surface area contributed by atoms with Gasteiger partial charge in [0.1, 0.15) is 0 Å². The lowest BCUT2D eigenvalue weighted by Crippen LogP contribution is -2.44. The van der Waals surface area contributed by atoms with Crippen molar-refractivity contribution in [1.29, 1.82) is 0 Å². The van der Waals surface area contributed by atoms with Gasteiger partial charge >= 0.3 is 0 Å². The normalized spacial score (nSPS) is 25.0. The highest BCUT2D eigenvalue weighted by molar-refractivity contribution is 7.89. The van der Waals surface area contributed by atoms with Crippen LogP contribution in [-0.4, -0.2) is 74.1 Å². The smallest absolute Gasteiger partial charge is 0.253 e. The van der Waals surface area contributed by atoms with E-state index in [2.05, 4.69) is 6.92 Å². The van der Waals surface area contributed by atoms with Crippen molar-refractivity contribution in [3.8, 4) is 0 Å². The first-order chi connectivity index (χ1) is 12.3. The Morgan fingerprint density at radius 1 is 1.27 bits per heavy atom. The molecule has 0 bridgehead atoms. The Labute approximate surface area is 154 Å². The van der Waals surface area contributed by atoms with Gasteiger partial charge in [-0.2, -0.15) is 4.31 Å². The van der Waals surface area contributed by atoms with Crippen molar-refractivity contribution in [2.24, 2.45) is 5.92 Å². The second-order valence-corrected chi connectivity index (χ2v) is 9.19. The van der Waals surface area contributed by atoms with Crippen molar-refractivity contribution in [2.45, 2.75) is 36.8 Å². The molecule has 1 amide bonds. The number of carbonyl (C=O) groups excluding carboxylic acids is 1. The predicted octanol–water partition coefficient (Wildman–Crippen LogP) is 0.939. The quantitative estimate of drug-likeness (QED) is 0.837. The Balaban J connectivity index is 1.81. The number of piperidine rings is 1. The van der Waals surface area contributed by atoms with Crippen molar-refractivity contribution < 1.29 is 23.1 Å². The van der Waals surface area contributed by atoms with Crippen LogP contribution in [0, 0.1) is 5.92 Å². The second-order valence-electron chi connectivity index (χ2n) is 7.20. The number of aliphatic hydroxyl groups is 1. The zero-order valence-electron chi connectivity index (χ0n) is 15.2. The molecule has 0 radical (unpaired) electrons. The third-order valence-electron chi connectivity index (χ3n) is 5.32. The number of hydrogen-bond donors (Lipinski definition) is 1. The van der Waals surface area contributed by atoms with E-state index in [1.807, 2.05) is 0 Å². The van der Waals surface area contributed by atoms with Crippen LogP contribution in [0.5, 0.6) is 0 Å². The van der Waals surface area contributed by atoms with Crippen molar-refractivity contribution in [3.05, 3.63) is 29.8 Å². The Morgan fingerprint density at radius 2 is 1.96 bits per heavy atom. The predicted molar refractivity (Wildman–Crippen MR) is 96.3 cm³/mol. The van der Waals surface area contributed by atoms with E-state index >= 15 is 0 Å². The van der Waals surface area contributed by atoms with Gasteiger partial charge in [0.2, 0.25) is 10.0 Å². The topological polar surface area (TPSA) is 87.2 Å². The fourth-order valence-corrected chi connectivity index (χ4v) is 4.82. The number of aliphatic hydroxyl groups excluding tert-OH is 1. The van der Waals surface area contributed by atoms with Gasteiger partial charge in [-0.25, -0.2) is 8.42 Å². The number of likely N-dealkylation sites (tertiary alicyclic amines) is 1. The summed E-state index contributed by atoms with van der Waals surface area (Å²) in [4.78, 5) is 14.6. The summed E-state index contributed by atoms with van der Waals surface area (Å²) in [7, 11) is -2.40. The number of hydrogen-bond acceptors (Lipinski definition) is 5. The first kappa shape index (κ1) is 19.3. The summed E-state index contributed by atoms with van der Waals surface area (Å²) in [6.45, 7) is 3.84. The molecule has 2 fully saturated rings. The highest BCUT2D eigenvalue weighted by Gasteiger charge is 2.37. The highest BCUT2D eigenvalue weighted by atomic mass is 32.2. The zero-order valence-corrected chi connectivity index (χ0v) is 16.0. The van der Waals surface area contributed by atoms with Gasteiger partial charge in [-0.3, -0.25) is 4.79 Å². The van der Waals surface area contributed by atoms with Crippen LogP contribution in [0.3, 0.4) is 0 Å². The SMILES string of the molecule is CC1CCN(C(=O)c2cccc(S(=O)(=O)N(C)[C@H]3COC[C@@H]3O)c2)CC1. The van der Waals surface area contributed by atoms with Gasteiger partial charge in [-0.15, -0.1) is 0 Å². The second kappa shape index (κ2) is 7.64. The molecule has 144 valence electrons. The molecule has 1 aromatic rings. The molecule has 7 nitrogen and oxygen atoms in total. The summed E-state index contributed by atoms with van der Waals surface area (Å²) >= 11 is 0. The molecule has 2 atom stereocenters. The standard InChI is InChI=1S/C18H26N2O5S/c1-13-6-8-20(9-7-13)18(22)14-4-3-5-15(10-14)26(23,24)19(2)16-11-25-12-17(16)21/h3-5,10,13,16-17,21H,6-9,11-12H2,1-2H3/t16-,17-/m0/s1. The van der Waals surface area contributed by atoms with Crippen LogP contribution in [-0.2, 0) is 14.8 Å². The summed E-state index contributed by atoms with van der Waals surface area (Å²) in [6, 6.07) is 5.51. The van der Waals surface area contributed by atoms with Crippen LogP contribution in [0.15, 0.2) is 29.2 Å². The van der Waals surface area contributed by atoms with Gasteiger partial charge < -0.3 is 14.7 Å². The van der Waals surface area contributed by atoms with Gasteiger partial charge in [0.05, 0.1) is 30.3 Å². The number of amides is 1. The summed E-state index contributed by atoms with van der Waals surface area (Å²) in [6.07, 6.45) is 1.08. The lowest BCUT2D eigenvalue weighted by molar-refractivity contribution is 0.0697. The van der Waals surface area contributed by atoms with Crippen molar-refractivity contribution in [2.75, 3.05) is 33.4 Å². The Morgan fingerprint density at radius 3 is 2.58 bits per heavy atom. The number of ether oxygens (including phenoxy) is 1. The van der Waals surface area contributed by atoms with E-state index in [9.17, 15) is 18.3 Å². The van der Waals surface area contributed by atoms with E-state index in [4.69, 9.17) is 4.74 Å². The minimum atomic E-state index is -3.83. The first-order valence-corrected chi connectivity index (χ1v) is 10.4. The average molecular weight is 382 g/mol. The van der Waals surface area contributed by atoms with E-state index in [1.165, 1.54) is 19.2 Å². The van der Waals surface area contributed by atoms with Gasteiger partial charge in [0.25, 0.3) is 5.91 Å². The first-order valence-electron chi connectivity index (χ1n) is 8.94. The van der Waals surface area contributed by atoms with E-state index in [1.54, 1.807) is 17.0 Å². The van der Waals surface area contributed by atoms with Crippen LogP contribution in [0.2, 0.25) is 0 Å². The summed E-state index contributed by atoms with van der Waals surface area (Å²) in [5.74, 6) is 0.473. The van der Waals surface area contributed by atoms with Gasteiger partial charge in [-0.1, -0.05) is 13.0 Å². The number of sulfonamides is 1. The lowest BCUT2D eigenvalue weighted by atomic mass is 9.98. The van der Waals surface area contributed by atoms with E-state index in [0.717, 1.165) is 17.1 Å². The van der Waals surface area contributed by atoms with Crippen LogP contribution >= 0.6 is 0 Å². The molecule has 8 heteroatoms. The molecular weight excluding hydrogens is 356 g/mol. The van der Waals surface area contributed by atoms with Crippen LogP contribution in [0.1, 0.15) is 30.1 Å². The third kappa shape index (κ3) is 3.78. The number of benzene rings is 1. The Hall–Kier alpha value is -1.48. The molecule has 2 aliphatic rings. The van der Waals surface area contributed by atoms with E-state index in [0.29, 0.717) is 24.6 Å². The molecular formula is C18H26N2O5S. The van der Waals surface area contributed by atoms with Crippen LogP contribution in [0.25, 0.3) is 0 Å². The van der Waals surface area contributed by atoms with E-state index < -0.39 is 22.2 Å².